The summed E-state index contributed by atoms with van der Waals surface area (Å²) in [6.45, 7) is 0.0598. The molecule has 0 saturated carbocycles. The lowest BCUT2D eigenvalue weighted by Gasteiger charge is -2.12. The Bertz CT molecular complexity index is 845. The van der Waals surface area contributed by atoms with E-state index in [0.717, 1.165) is 0 Å². The van der Waals surface area contributed by atoms with Crippen molar-refractivity contribution >= 4 is 23.3 Å². The average molecular weight is 342 g/mol. The van der Waals surface area contributed by atoms with Crippen molar-refractivity contribution in [1.29, 1.82) is 5.26 Å². The van der Waals surface area contributed by atoms with E-state index in [4.69, 9.17) is 27.5 Å². The first-order chi connectivity index (χ1) is 11.6. The summed E-state index contributed by atoms with van der Waals surface area (Å²) in [5, 5.41) is 9.67. The fourth-order valence-corrected chi connectivity index (χ4v) is 2.33. The number of methoxy groups -OCH3 is 1. The van der Waals surface area contributed by atoms with E-state index in [1.54, 1.807) is 18.2 Å². The number of hydrogen-bond acceptors (Lipinski definition) is 3. The van der Waals surface area contributed by atoms with Crippen LogP contribution in [0.1, 0.15) is 11.1 Å². The van der Waals surface area contributed by atoms with Crippen molar-refractivity contribution in [2.75, 3.05) is 13.7 Å². The van der Waals surface area contributed by atoms with E-state index in [2.05, 4.69) is 12.0 Å². The Labute approximate surface area is 144 Å². The van der Waals surface area contributed by atoms with Crippen LogP contribution in [0.25, 0.3) is 11.6 Å². The number of benzene rings is 2. The molecule has 120 valence electrons. The van der Waals surface area contributed by atoms with Crippen LogP contribution in [0.15, 0.2) is 36.4 Å². The van der Waals surface area contributed by atoms with Crippen molar-refractivity contribution in [3.05, 3.63) is 58.4 Å². The van der Waals surface area contributed by atoms with Gasteiger partial charge in [0.25, 0.3) is 0 Å². The summed E-state index contributed by atoms with van der Waals surface area (Å²) in [6.07, 6.45) is 6.81. The number of hydrogen-bond donors (Lipinski definition) is 0. The first kappa shape index (κ1) is 17.4. The molecule has 0 heterocycles. The largest absolute Gasteiger partial charge is 0.493 e. The van der Waals surface area contributed by atoms with Crippen molar-refractivity contribution in [3.63, 3.8) is 0 Å². The minimum atomic E-state index is -0.365. The lowest BCUT2D eigenvalue weighted by atomic mass is 10.0. The van der Waals surface area contributed by atoms with Gasteiger partial charge in [-0.2, -0.15) is 5.26 Å². The molecule has 0 radical (unpaired) electrons. The van der Waals surface area contributed by atoms with Gasteiger partial charge in [0.05, 0.1) is 23.8 Å². The molecule has 0 aromatic heterocycles. The summed E-state index contributed by atoms with van der Waals surface area (Å²) in [6, 6.07) is 11.1. The second kappa shape index (κ2) is 8.06. The molecule has 2 rings (SSSR count). The Morgan fingerprint density at radius 3 is 2.62 bits per heavy atom. The average Bonchev–Trinajstić information content (AvgIpc) is 2.59. The predicted octanol–water partition coefficient (Wildman–Crippen LogP) is 4.56. The van der Waals surface area contributed by atoms with Gasteiger partial charge in [0.15, 0.2) is 11.5 Å². The van der Waals surface area contributed by atoms with Crippen molar-refractivity contribution in [2.24, 2.45) is 0 Å². The van der Waals surface area contributed by atoms with Gasteiger partial charge in [0, 0.05) is 0 Å². The van der Waals surface area contributed by atoms with Crippen molar-refractivity contribution in [3.8, 4) is 29.9 Å². The zero-order chi connectivity index (χ0) is 17.5. The van der Waals surface area contributed by atoms with Crippen LogP contribution in [0.3, 0.4) is 0 Å². The summed E-state index contributed by atoms with van der Waals surface area (Å²) < 4.78 is 23.6. The van der Waals surface area contributed by atoms with E-state index in [9.17, 15) is 9.65 Å². The molecule has 0 spiro atoms. The quantitative estimate of drug-likeness (QED) is 0.454. The maximum atomic E-state index is 13.0. The SMILES string of the molecule is C#CCOc1c(Cl)cc(/C=C(\C#N)c2ccc(F)cc2)cc1OC. The van der Waals surface area contributed by atoms with E-state index in [0.29, 0.717) is 33.2 Å². The Morgan fingerprint density at radius 2 is 2.04 bits per heavy atom. The summed E-state index contributed by atoms with van der Waals surface area (Å²) in [5.74, 6) is 2.73. The minimum Gasteiger partial charge on any atom is -0.493 e. The smallest absolute Gasteiger partial charge is 0.181 e. The number of allylic oxidation sites excluding steroid dienone is 1. The molecule has 0 amide bonds. The molecule has 3 nitrogen and oxygen atoms in total. The monoisotopic (exact) mass is 341 g/mol. The van der Waals surface area contributed by atoms with Gasteiger partial charge < -0.3 is 9.47 Å². The minimum absolute atomic E-state index is 0.0598. The number of halogens is 2. The Morgan fingerprint density at radius 1 is 1.33 bits per heavy atom. The van der Waals surface area contributed by atoms with E-state index in [-0.39, 0.29) is 12.4 Å². The standard InChI is InChI=1S/C19H13ClFNO2/c1-3-8-24-19-17(20)10-13(11-18(19)23-2)9-15(12-22)14-4-6-16(21)7-5-14/h1,4-7,9-11H,8H2,2H3/b15-9+. The molecule has 2 aromatic rings. The van der Waals surface area contributed by atoms with Gasteiger partial charge in [0.1, 0.15) is 12.4 Å². The number of nitriles is 1. The van der Waals surface area contributed by atoms with Gasteiger partial charge in [-0.1, -0.05) is 29.7 Å². The molecule has 0 N–H and O–H groups in total. The van der Waals surface area contributed by atoms with Gasteiger partial charge in [-0.15, -0.1) is 6.42 Å². The van der Waals surface area contributed by atoms with Crippen LogP contribution in [0.2, 0.25) is 5.02 Å². The normalized spacial score (nSPS) is 10.6. The molecule has 0 saturated heterocycles. The fraction of sp³-hybridized carbons (Fsp3) is 0.105. The molecule has 0 fully saturated rings. The third-order valence-electron chi connectivity index (χ3n) is 3.14. The van der Waals surface area contributed by atoms with Gasteiger partial charge in [0.2, 0.25) is 0 Å². The Kier molecular flexibility index (Phi) is 5.84. The highest BCUT2D eigenvalue weighted by Crippen LogP contribution is 2.37. The Hall–Kier alpha value is -2.95. The maximum Gasteiger partial charge on any atom is 0.181 e. The molecule has 0 bridgehead atoms. The van der Waals surface area contributed by atoms with Crippen LogP contribution >= 0.6 is 11.6 Å². The number of terminal acetylenes is 1. The van der Waals surface area contributed by atoms with Gasteiger partial charge in [-0.05, 0) is 41.5 Å². The van der Waals surface area contributed by atoms with E-state index >= 15 is 0 Å². The summed E-state index contributed by atoms with van der Waals surface area (Å²) >= 11 is 6.21. The third-order valence-corrected chi connectivity index (χ3v) is 3.42. The van der Waals surface area contributed by atoms with Crippen LogP contribution < -0.4 is 9.47 Å². The highest BCUT2D eigenvalue weighted by atomic mass is 35.5. The van der Waals surface area contributed by atoms with Crippen molar-refractivity contribution < 1.29 is 13.9 Å². The fourth-order valence-electron chi connectivity index (χ4n) is 2.05. The molecule has 0 aliphatic heterocycles. The highest BCUT2D eigenvalue weighted by Gasteiger charge is 2.12. The Balaban J connectivity index is 2.44. The first-order valence-electron chi connectivity index (χ1n) is 6.90. The molecule has 5 heteroatoms. The number of ether oxygens (including phenoxy) is 2. The van der Waals surface area contributed by atoms with E-state index < -0.39 is 0 Å². The molecule has 0 aliphatic carbocycles. The summed E-state index contributed by atoms with van der Waals surface area (Å²) in [5.41, 5.74) is 1.61. The van der Waals surface area contributed by atoms with Gasteiger partial charge in [-0.3, -0.25) is 0 Å². The lowest BCUT2D eigenvalue weighted by molar-refractivity contribution is 0.331. The second-order valence-corrected chi connectivity index (χ2v) is 5.11. The third kappa shape index (κ3) is 4.07. The maximum absolute atomic E-state index is 13.0. The zero-order valence-electron chi connectivity index (χ0n) is 12.8. The zero-order valence-corrected chi connectivity index (χ0v) is 13.6. The molecule has 0 aliphatic rings. The van der Waals surface area contributed by atoms with Crippen molar-refractivity contribution in [1.82, 2.24) is 0 Å². The first-order valence-corrected chi connectivity index (χ1v) is 7.28. The second-order valence-electron chi connectivity index (χ2n) is 4.70. The van der Waals surface area contributed by atoms with Crippen LogP contribution in [0.5, 0.6) is 11.5 Å². The molecule has 0 unspecified atom stereocenters. The molecular formula is C19H13ClFNO2. The lowest BCUT2D eigenvalue weighted by Crippen LogP contribution is -1.98. The van der Waals surface area contributed by atoms with Gasteiger partial charge >= 0.3 is 0 Å². The highest BCUT2D eigenvalue weighted by molar-refractivity contribution is 6.32. The summed E-state index contributed by atoms with van der Waals surface area (Å²) in [7, 11) is 1.48. The van der Waals surface area contributed by atoms with E-state index in [1.165, 1.54) is 31.4 Å². The van der Waals surface area contributed by atoms with Gasteiger partial charge in [-0.25, -0.2) is 4.39 Å². The molecule has 0 atom stereocenters. The summed E-state index contributed by atoms with van der Waals surface area (Å²) in [4.78, 5) is 0. The van der Waals surface area contributed by atoms with Crippen LogP contribution in [-0.2, 0) is 0 Å². The number of nitrogens with zero attached hydrogens (tertiary/aromatic N) is 1. The molecular weight excluding hydrogens is 329 g/mol. The predicted molar refractivity (Wildman–Crippen MR) is 92.2 cm³/mol. The molecule has 24 heavy (non-hydrogen) atoms. The van der Waals surface area contributed by atoms with Crippen LogP contribution in [0, 0.1) is 29.5 Å². The molecule has 2 aromatic carbocycles. The van der Waals surface area contributed by atoms with Crippen molar-refractivity contribution in [2.45, 2.75) is 0 Å². The van der Waals surface area contributed by atoms with E-state index in [1.807, 2.05) is 0 Å². The van der Waals surface area contributed by atoms with Crippen LogP contribution in [0.4, 0.5) is 4.39 Å². The van der Waals surface area contributed by atoms with Crippen LogP contribution in [-0.4, -0.2) is 13.7 Å². The topological polar surface area (TPSA) is 42.2 Å². The number of rotatable bonds is 5.